The molecule has 6 nitrogen and oxygen atoms in total. The molecule has 1 aliphatic rings. The Morgan fingerprint density at radius 1 is 1.40 bits per heavy atom. The van der Waals surface area contributed by atoms with Crippen molar-refractivity contribution in [2.45, 2.75) is 18.9 Å². The average Bonchev–Trinajstić information content (AvgIpc) is 3.07. The van der Waals surface area contributed by atoms with E-state index in [4.69, 9.17) is 0 Å². The van der Waals surface area contributed by atoms with Gasteiger partial charge in [0.15, 0.2) is 5.82 Å². The predicted octanol–water partition coefficient (Wildman–Crippen LogP) is 1.25. The summed E-state index contributed by atoms with van der Waals surface area (Å²) in [6.07, 6.45) is 2.67. The van der Waals surface area contributed by atoms with Gasteiger partial charge in [0.05, 0.1) is 11.3 Å². The van der Waals surface area contributed by atoms with E-state index in [2.05, 4.69) is 20.6 Å². The van der Waals surface area contributed by atoms with Crippen LogP contribution in [0.15, 0.2) is 24.4 Å². The number of rotatable bonds is 4. The van der Waals surface area contributed by atoms with Crippen molar-refractivity contribution in [3.63, 3.8) is 0 Å². The fourth-order valence-corrected chi connectivity index (χ4v) is 3.37. The number of thioether (sulfide) groups is 1. The zero-order chi connectivity index (χ0) is 14.0. The van der Waals surface area contributed by atoms with Gasteiger partial charge in [-0.25, -0.2) is 4.68 Å². The van der Waals surface area contributed by atoms with Gasteiger partial charge in [-0.3, -0.25) is 0 Å². The van der Waals surface area contributed by atoms with E-state index in [9.17, 15) is 5.11 Å². The van der Waals surface area contributed by atoms with Gasteiger partial charge in [-0.1, -0.05) is 0 Å². The molecule has 0 saturated carbocycles. The molecule has 0 spiro atoms. The SMILES string of the molecule is Cc1ccn(-c2ccc(NCC3(O)CCSC3)nn2)n1. The molecular formula is C13H17N5OS. The Morgan fingerprint density at radius 3 is 2.90 bits per heavy atom. The summed E-state index contributed by atoms with van der Waals surface area (Å²) < 4.78 is 1.69. The lowest BCUT2D eigenvalue weighted by atomic mass is 10.0. The first-order valence-corrected chi connectivity index (χ1v) is 7.71. The second kappa shape index (κ2) is 5.41. The molecule has 3 rings (SSSR count). The van der Waals surface area contributed by atoms with Gasteiger partial charge in [0.2, 0.25) is 0 Å². The van der Waals surface area contributed by atoms with Crippen molar-refractivity contribution in [3.05, 3.63) is 30.1 Å². The normalized spacial score (nSPS) is 22.1. The molecule has 1 aliphatic heterocycles. The van der Waals surface area contributed by atoms with Crippen LogP contribution < -0.4 is 5.32 Å². The Labute approximate surface area is 121 Å². The number of hydrogen-bond donors (Lipinski definition) is 2. The lowest BCUT2D eigenvalue weighted by molar-refractivity contribution is 0.0819. The predicted molar refractivity (Wildman–Crippen MR) is 79.3 cm³/mol. The van der Waals surface area contributed by atoms with Crippen LogP contribution in [0.3, 0.4) is 0 Å². The molecule has 1 saturated heterocycles. The molecule has 1 atom stereocenters. The van der Waals surface area contributed by atoms with Gasteiger partial charge in [-0.15, -0.1) is 10.2 Å². The van der Waals surface area contributed by atoms with E-state index in [0.29, 0.717) is 18.2 Å². The number of nitrogens with one attached hydrogen (secondary N) is 1. The highest BCUT2D eigenvalue weighted by molar-refractivity contribution is 7.99. The minimum Gasteiger partial charge on any atom is -0.387 e. The Hall–Kier alpha value is -1.60. The molecule has 0 aliphatic carbocycles. The summed E-state index contributed by atoms with van der Waals surface area (Å²) in [5.74, 6) is 3.14. The van der Waals surface area contributed by atoms with Crippen LogP contribution in [-0.2, 0) is 0 Å². The maximum atomic E-state index is 10.2. The number of aromatic nitrogens is 4. The summed E-state index contributed by atoms with van der Waals surface area (Å²) in [5.41, 5.74) is 0.319. The zero-order valence-corrected chi connectivity index (χ0v) is 12.1. The second-order valence-electron chi connectivity index (χ2n) is 5.06. The summed E-state index contributed by atoms with van der Waals surface area (Å²) >= 11 is 1.78. The lowest BCUT2D eigenvalue weighted by Gasteiger charge is -2.21. The van der Waals surface area contributed by atoms with Crippen LogP contribution in [0.1, 0.15) is 12.1 Å². The molecule has 1 fully saturated rings. The van der Waals surface area contributed by atoms with Gasteiger partial charge in [-0.2, -0.15) is 16.9 Å². The molecular weight excluding hydrogens is 274 g/mol. The number of aryl methyl sites for hydroxylation is 1. The van der Waals surface area contributed by atoms with E-state index in [0.717, 1.165) is 23.6 Å². The molecule has 20 heavy (non-hydrogen) atoms. The molecule has 106 valence electrons. The third kappa shape index (κ3) is 2.94. The first kappa shape index (κ1) is 13.4. The Bertz CT molecular complexity index is 577. The maximum absolute atomic E-state index is 10.2. The topological polar surface area (TPSA) is 75.9 Å². The number of anilines is 1. The molecule has 1 unspecified atom stereocenters. The van der Waals surface area contributed by atoms with Gasteiger partial charge in [0, 0.05) is 18.5 Å². The van der Waals surface area contributed by atoms with Crippen LogP contribution in [0, 0.1) is 6.92 Å². The van der Waals surface area contributed by atoms with Crippen LogP contribution in [0.2, 0.25) is 0 Å². The van der Waals surface area contributed by atoms with Crippen LogP contribution in [0.4, 0.5) is 5.82 Å². The number of hydrogen-bond acceptors (Lipinski definition) is 6. The highest BCUT2D eigenvalue weighted by atomic mass is 32.2. The first-order valence-electron chi connectivity index (χ1n) is 6.55. The van der Waals surface area contributed by atoms with Gasteiger partial charge >= 0.3 is 0 Å². The highest BCUT2D eigenvalue weighted by Gasteiger charge is 2.31. The number of nitrogens with zero attached hydrogens (tertiary/aromatic N) is 4. The Kier molecular flexibility index (Phi) is 3.62. The summed E-state index contributed by atoms with van der Waals surface area (Å²) in [7, 11) is 0. The first-order chi connectivity index (χ1) is 9.65. The molecule has 0 aromatic carbocycles. The van der Waals surface area contributed by atoms with Crippen LogP contribution >= 0.6 is 11.8 Å². The van der Waals surface area contributed by atoms with E-state index in [1.165, 1.54) is 0 Å². The van der Waals surface area contributed by atoms with E-state index in [1.54, 1.807) is 16.4 Å². The van der Waals surface area contributed by atoms with Crippen molar-refractivity contribution < 1.29 is 5.11 Å². The standard InChI is InChI=1S/C13H17N5OS/c1-10-4-6-18(17-10)12-3-2-11(15-16-12)14-8-13(19)5-7-20-9-13/h2-4,6,19H,5,7-9H2,1H3,(H,14,15). The van der Waals surface area contributed by atoms with Crippen molar-refractivity contribution >= 4 is 17.6 Å². The Morgan fingerprint density at radius 2 is 2.30 bits per heavy atom. The van der Waals surface area contributed by atoms with Gasteiger partial charge in [0.1, 0.15) is 5.82 Å². The van der Waals surface area contributed by atoms with Crippen molar-refractivity contribution in [3.8, 4) is 5.82 Å². The molecule has 3 heterocycles. The van der Waals surface area contributed by atoms with E-state index < -0.39 is 5.60 Å². The lowest BCUT2D eigenvalue weighted by Crippen LogP contribution is -2.36. The maximum Gasteiger partial charge on any atom is 0.175 e. The molecule has 0 radical (unpaired) electrons. The third-order valence-corrected chi connectivity index (χ3v) is 4.52. The molecule has 2 N–H and O–H groups in total. The third-order valence-electron chi connectivity index (χ3n) is 3.29. The summed E-state index contributed by atoms with van der Waals surface area (Å²) in [6.45, 7) is 2.44. The Balaban J connectivity index is 1.64. The van der Waals surface area contributed by atoms with Crippen molar-refractivity contribution in [1.82, 2.24) is 20.0 Å². The quantitative estimate of drug-likeness (QED) is 0.883. The van der Waals surface area contributed by atoms with Gasteiger partial charge < -0.3 is 10.4 Å². The molecule has 7 heteroatoms. The van der Waals surface area contributed by atoms with Crippen molar-refractivity contribution in [2.75, 3.05) is 23.4 Å². The molecule has 0 amide bonds. The smallest absolute Gasteiger partial charge is 0.175 e. The summed E-state index contributed by atoms with van der Waals surface area (Å²) in [4.78, 5) is 0. The zero-order valence-electron chi connectivity index (χ0n) is 11.3. The fourth-order valence-electron chi connectivity index (χ4n) is 2.08. The number of aliphatic hydroxyl groups is 1. The minimum absolute atomic E-state index is 0.509. The molecule has 2 aromatic heterocycles. The summed E-state index contributed by atoms with van der Waals surface area (Å²) in [5, 5.41) is 25.9. The van der Waals surface area contributed by atoms with Gasteiger partial charge in [-0.05, 0) is 37.3 Å². The molecule has 2 aromatic rings. The fraction of sp³-hybridized carbons (Fsp3) is 0.462. The van der Waals surface area contributed by atoms with Crippen molar-refractivity contribution in [2.24, 2.45) is 0 Å². The van der Waals surface area contributed by atoms with E-state index in [-0.39, 0.29) is 0 Å². The average molecular weight is 291 g/mol. The molecule has 0 bridgehead atoms. The van der Waals surface area contributed by atoms with Gasteiger partial charge in [0.25, 0.3) is 0 Å². The largest absolute Gasteiger partial charge is 0.387 e. The van der Waals surface area contributed by atoms with Crippen molar-refractivity contribution in [1.29, 1.82) is 0 Å². The van der Waals surface area contributed by atoms with Crippen LogP contribution in [-0.4, -0.2) is 48.7 Å². The van der Waals surface area contributed by atoms with E-state index in [1.807, 2.05) is 31.3 Å². The summed E-state index contributed by atoms with van der Waals surface area (Å²) in [6, 6.07) is 5.63. The second-order valence-corrected chi connectivity index (χ2v) is 6.16. The minimum atomic E-state index is -0.621. The monoisotopic (exact) mass is 291 g/mol. The van der Waals surface area contributed by atoms with Crippen LogP contribution in [0.5, 0.6) is 0 Å². The van der Waals surface area contributed by atoms with E-state index >= 15 is 0 Å². The van der Waals surface area contributed by atoms with Crippen LogP contribution in [0.25, 0.3) is 5.82 Å². The highest BCUT2D eigenvalue weighted by Crippen LogP contribution is 2.27.